The number of aromatic nitrogens is 2. The minimum Gasteiger partial charge on any atom is -0.483 e. The Hall–Kier alpha value is -2.82. The minimum absolute atomic E-state index is 0.0522. The lowest BCUT2D eigenvalue weighted by Gasteiger charge is -2.44. The SMILES string of the molecule is O=C(N[C@@H]1CN2CCC1CC2)c1n[nH]c2ccc(OC(F)(F)F)cc12.O=CO. The molecule has 0 radical (unpaired) electrons. The van der Waals surface area contributed by atoms with E-state index in [1.54, 1.807) is 0 Å². The van der Waals surface area contributed by atoms with Gasteiger partial charge in [0.15, 0.2) is 5.69 Å². The molecule has 5 rings (SSSR count). The smallest absolute Gasteiger partial charge is 0.483 e. The van der Waals surface area contributed by atoms with Gasteiger partial charge in [-0.1, -0.05) is 0 Å². The molecule has 0 unspecified atom stereocenters. The van der Waals surface area contributed by atoms with Gasteiger partial charge in [-0.15, -0.1) is 13.2 Å². The van der Waals surface area contributed by atoms with Crippen molar-refractivity contribution in [3.05, 3.63) is 23.9 Å². The molecular formula is C17H19F3N4O4. The molecule has 1 aromatic carbocycles. The number of piperidine rings is 3. The Morgan fingerprint density at radius 2 is 2.04 bits per heavy atom. The van der Waals surface area contributed by atoms with E-state index in [-0.39, 0.29) is 29.9 Å². The Balaban J connectivity index is 0.000000706. The van der Waals surface area contributed by atoms with E-state index in [4.69, 9.17) is 9.90 Å². The summed E-state index contributed by atoms with van der Waals surface area (Å²) in [6.07, 6.45) is -2.68. The summed E-state index contributed by atoms with van der Waals surface area (Å²) in [4.78, 5) is 23.3. The summed E-state index contributed by atoms with van der Waals surface area (Å²) in [5.41, 5.74) is 0.563. The minimum atomic E-state index is -4.78. The van der Waals surface area contributed by atoms with Crippen LogP contribution in [0.2, 0.25) is 0 Å². The van der Waals surface area contributed by atoms with E-state index < -0.39 is 6.36 Å². The topological polar surface area (TPSA) is 108 Å². The average molecular weight is 400 g/mol. The molecule has 0 spiro atoms. The first-order valence-electron chi connectivity index (χ1n) is 8.65. The Labute approximate surface area is 157 Å². The highest BCUT2D eigenvalue weighted by Gasteiger charge is 2.35. The zero-order valence-corrected chi connectivity index (χ0v) is 14.7. The lowest BCUT2D eigenvalue weighted by Crippen LogP contribution is -2.57. The van der Waals surface area contributed by atoms with Gasteiger partial charge in [-0.05, 0) is 50.0 Å². The van der Waals surface area contributed by atoms with E-state index in [0.29, 0.717) is 16.8 Å². The molecular weight excluding hydrogens is 381 g/mol. The van der Waals surface area contributed by atoms with E-state index in [2.05, 4.69) is 25.2 Å². The molecule has 1 atom stereocenters. The molecule has 11 heteroatoms. The predicted octanol–water partition coefficient (Wildman–Crippen LogP) is 1.99. The van der Waals surface area contributed by atoms with Crippen LogP contribution in [-0.2, 0) is 4.79 Å². The fourth-order valence-electron chi connectivity index (χ4n) is 3.73. The van der Waals surface area contributed by atoms with Crippen LogP contribution in [-0.4, -0.2) is 64.6 Å². The number of fused-ring (bicyclic) bond motifs is 4. The zero-order chi connectivity index (χ0) is 20.3. The second-order valence-corrected chi connectivity index (χ2v) is 6.65. The van der Waals surface area contributed by atoms with Crippen LogP contribution in [0.25, 0.3) is 10.9 Å². The second kappa shape index (κ2) is 8.05. The summed E-state index contributed by atoms with van der Waals surface area (Å²) in [5.74, 6) is -0.310. The monoisotopic (exact) mass is 400 g/mol. The number of hydrogen-bond donors (Lipinski definition) is 3. The Morgan fingerprint density at radius 3 is 2.61 bits per heavy atom. The number of nitrogens with zero attached hydrogens (tertiary/aromatic N) is 2. The fraction of sp³-hybridized carbons (Fsp3) is 0.471. The van der Waals surface area contributed by atoms with Crippen molar-refractivity contribution in [3.8, 4) is 5.75 Å². The molecule has 0 aliphatic carbocycles. The highest BCUT2D eigenvalue weighted by Crippen LogP contribution is 2.29. The Bertz CT molecular complexity index is 847. The van der Waals surface area contributed by atoms with Crippen molar-refractivity contribution in [3.63, 3.8) is 0 Å². The van der Waals surface area contributed by atoms with Crippen LogP contribution in [0.3, 0.4) is 0 Å². The van der Waals surface area contributed by atoms with Crippen LogP contribution in [0.4, 0.5) is 13.2 Å². The molecule has 1 amide bonds. The number of alkyl halides is 3. The molecule has 8 nitrogen and oxygen atoms in total. The third-order valence-electron chi connectivity index (χ3n) is 4.96. The highest BCUT2D eigenvalue weighted by atomic mass is 19.4. The van der Waals surface area contributed by atoms with Crippen molar-refractivity contribution in [1.29, 1.82) is 0 Å². The molecule has 1 aromatic heterocycles. The third-order valence-corrected chi connectivity index (χ3v) is 4.96. The van der Waals surface area contributed by atoms with E-state index in [1.807, 2.05) is 0 Å². The normalized spacial score (nSPS) is 23.6. The molecule has 28 heavy (non-hydrogen) atoms. The number of halogens is 3. The lowest BCUT2D eigenvalue weighted by molar-refractivity contribution is -0.274. The van der Waals surface area contributed by atoms with Gasteiger partial charge in [0.05, 0.1) is 5.52 Å². The van der Waals surface area contributed by atoms with Gasteiger partial charge < -0.3 is 20.1 Å². The van der Waals surface area contributed by atoms with Crippen LogP contribution in [0.5, 0.6) is 5.75 Å². The number of aromatic amines is 1. The molecule has 3 aliphatic rings. The fourth-order valence-corrected chi connectivity index (χ4v) is 3.73. The van der Waals surface area contributed by atoms with Gasteiger partial charge in [-0.3, -0.25) is 14.7 Å². The molecule has 3 fully saturated rings. The van der Waals surface area contributed by atoms with Gasteiger partial charge in [0.1, 0.15) is 5.75 Å². The summed E-state index contributed by atoms with van der Waals surface area (Å²) in [7, 11) is 0. The summed E-state index contributed by atoms with van der Waals surface area (Å²) in [6, 6.07) is 3.83. The first-order chi connectivity index (χ1) is 13.3. The molecule has 152 valence electrons. The maximum atomic E-state index is 12.6. The first-order valence-corrected chi connectivity index (χ1v) is 8.65. The summed E-state index contributed by atoms with van der Waals surface area (Å²) < 4.78 is 41.1. The number of ether oxygens (including phenoxy) is 1. The number of nitrogens with one attached hydrogen (secondary N) is 2. The van der Waals surface area contributed by atoms with Gasteiger partial charge in [-0.25, -0.2) is 0 Å². The molecule has 3 N–H and O–H groups in total. The van der Waals surface area contributed by atoms with Crippen LogP contribution >= 0.6 is 0 Å². The van der Waals surface area contributed by atoms with Gasteiger partial charge >= 0.3 is 6.36 Å². The van der Waals surface area contributed by atoms with Crippen molar-refractivity contribution in [1.82, 2.24) is 20.4 Å². The number of H-pyrrole nitrogens is 1. The number of carboxylic acid groups (broad SMARTS) is 1. The summed E-state index contributed by atoms with van der Waals surface area (Å²) in [6.45, 7) is 2.67. The van der Waals surface area contributed by atoms with Crippen LogP contribution in [0.1, 0.15) is 23.3 Å². The summed E-state index contributed by atoms with van der Waals surface area (Å²) >= 11 is 0. The third kappa shape index (κ3) is 4.53. The van der Waals surface area contributed by atoms with Gasteiger partial charge in [0, 0.05) is 18.0 Å². The maximum Gasteiger partial charge on any atom is 0.573 e. The quantitative estimate of drug-likeness (QED) is 0.680. The van der Waals surface area contributed by atoms with E-state index in [1.165, 1.54) is 18.2 Å². The largest absolute Gasteiger partial charge is 0.573 e. The number of hydrogen-bond acceptors (Lipinski definition) is 5. The van der Waals surface area contributed by atoms with Crippen molar-refractivity contribution in [2.45, 2.75) is 25.2 Å². The van der Waals surface area contributed by atoms with Crippen LogP contribution in [0, 0.1) is 5.92 Å². The Morgan fingerprint density at radius 1 is 1.36 bits per heavy atom. The lowest BCUT2D eigenvalue weighted by atomic mass is 9.84. The predicted molar refractivity (Wildman–Crippen MR) is 91.9 cm³/mol. The van der Waals surface area contributed by atoms with E-state index >= 15 is 0 Å². The molecule has 3 aliphatic heterocycles. The molecule has 2 aromatic rings. The average Bonchev–Trinajstić information content (AvgIpc) is 3.05. The molecule has 0 saturated carbocycles. The molecule has 3 saturated heterocycles. The van der Waals surface area contributed by atoms with Crippen molar-refractivity contribution in [2.75, 3.05) is 19.6 Å². The second-order valence-electron chi connectivity index (χ2n) is 6.65. The van der Waals surface area contributed by atoms with Gasteiger partial charge in [-0.2, -0.15) is 5.10 Å². The number of benzene rings is 1. The first kappa shape index (κ1) is 19.9. The number of carbonyl (C=O) groups excluding carboxylic acids is 1. The van der Waals surface area contributed by atoms with Gasteiger partial charge in [0.2, 0.25) is 0 Å². The number of amides is 1. The molecule has 2 bridgehead atoms. The Kier molecular flexibility index (Phi) is 5.73. The highest BCUT2D eigenvalue weighted by molar-refractivity contribution is 6.05. The maximum absolute atomic E-state index is 12.6. The number of carbonyl (C=O) groups is 2. The summed E-state index contributed by atoms with van der Waals surface area (Å²) in [5, 5.41) is 16.8. The standard InChI is InChI=1S/C16H17F3N4O2.CH2O2/c17-16(18,19)25-10-1-2-12-11(7-10)14(22-21-12)15(24)20-13-8-23-5-3-9(13)4-6-23;2-1-3/h1-2,7,9,13H,3-6,8H2,(H,20,24)(H,21,22);1H,(H,2,3)/t13-;/m1./s1. The van der Waals surface area contributed by atoms with E-state index in [9.17, 15) is 18.0 Å². The number of rotatable bonds is 3. The van der Waals surface area contributed by atoms with Crippen LogP contribution < -0.4 is 10.1 Å². The van der Waals surface area contributed by atoms with Crippen LogP contribution in [0.15, 0.2) is 18.2 Å². The zero-order valence-electron chi connectivity index (χ0n) is 14.7. The molecule has 4 heterocycles. The van der Waals surface area contributed by atoms with Crippen molar-refractivity contribution < 1.29 is 32.6 Å². The van der Waals surface area contributed by atoms with Crippen molar-refractivity contribution in [2.24, 2.45) is 5.92 Å². The van der Waals surface area contributed by atoms with E-state index in [0.717, 1.165) is 32.5 Å². The van der Waals surface area contributed by atoms with Crippen molar-refractivity contribution >= 4 is 23.3 Å². The van der Waals surface area contributed by atoms with Gasteiger partial charge in [0.25, 0.3) is 12.4 Å².